The lowest BCUT2D eigenvalue weighted by atomic mass is 10.0. The van der Waals surface area contributed by atoms with E-state index in [1.165, 1.54) is 0 Å². The Morgan fingerprint density at radius 2 is 1.90 bits per heavy atom. The zero-order chi connectivity index (χ0) is 14.1. The van der Waals surface area contributed by atoms with E-state index in [1.54, 1.807) is 0 Å². The third kappa shape index (κ3) is 2.25. The normalized spacial score (nSPS) is 15.0. The minimum absolute atomic E-state index is 0.438. The number of fused-ring (bicyclic) bond motifs is 1. The van der Waals surface area contributed by atoms with Gasteiger partial charge in [0.1, 0.15) is 0 Å². The molecule has 0 saturated heterocycles. The van der Waals surface area contributed by atoms with Crippen LogP contribution in [0.1, 0.15) is 11.1 Å². The Morgan fingerprint density at radius 1 is 1.15 bits per heavy atom. The molecule has 1 aliphatic heterocycles. The van der Waals surface area contributed by atoms with E-state index in [4.69, 9.17) is 11.6 Å². The summed E-state index contributed by atoms with van der Waals surface area (Å²) < 4.78 is 1.06. The van der Waals surface area contributed by atoms with Gasteiger partial charge in [-0.1, -0.05) is 29.8 Å². The lowest BCUT2D eigenvalue weighted by Gasteiger charge is -2.17. The molecule has 3 rings (SSSR count). The van der Waals surface area contributed by atoms with Gasteiger partial charge in [-0.3, -0.25) is 0 Å². The van der Waals surface area contributed by atoms with Gasteiger partial charge in [-0.25, -0.2) is 4.74 Å². The lowest BCUT2D eigenvalue weighted by Crippen LogP contribution is -2.24. The number of likely N-dealkylation sites (N-methyl/N-ethyl adjacent to an activating group) is 1. The minimum Gasteiger partial charge on any atom is -0.623 e. The highest BCUT2D eigenvalue weighted by atomic mass is 35.5. The first-order chi connectivity index (χ1) is 9.66. The van der Waals surface area contributed by atoms with Crippen molar-refractivity contribution < 1.29 is 4.74 Å². The van der Waals surface area contributed by atoms with Crippen molar-refractivity contribution in [3.63, 3.8) is 0 Å². The molecule has 102 valence electrons. The molecule has 0 aliphatic carbocycles. The second-order valence-corrected chi connectivity index (χ2v) is 5.34. The van der Waals surface area contributed by atoms with E-state index in [9.17, 15) is 5.21 Å². The molecule has 0 radical (unpaired) electrons. The molecule has 3 nitrogen and oxygen atoms in total. The summed E-state index contributed by atoms with van der Waals surface area (Å²) in [5.41, 5.74) is 3.53. The fourth-order valence-corrected chi connectivity index (χ4v) is 2.71. The van der Waals surface area contributed by atoms with E-state index < -0.39 is 0 Å². The van der Waals surface area contributed by atoms with E-state index in [2.05, 4.69) is 4.90 Å². The van der Waals surface area contributed by atoms with Gasteiger partial charge < -0.3 is 10.1 Å². The summed E-state index contributed by atoms with van der Waals surface area (Å²) in [6.45, 7) is 1.13. The number of hydrogen-bond acceptors (Lipinski definition) is 2. The molecule has 20 heavy (non-hydrogen) atoms. The predicted octanol–water partition coefficient (Wildman–Crippen LogP) is 3.14. The van der Waals surface area contributed by atoms with Crippen molar-refractivity contribution in [3.8, 4) is 0 Å². The van der Waals surface area contributed by atoms with Crippen molar-refractivity contribution in [2.45, 2.75) is 0 Å². The maximum Gasteiger partial charge on any atom is 0.227 e. The number of benzodiazepines with no additional fused rings is 1. The average molecular weight is 287 g/mol. The maximum atomic E-state index is 12.4. The third-order valence-electron chi connectivity index (χ3n) is 3.56. The van der Waals surface area contributed by atoms with E-state index in [1.807, 2.05) is 55.6 Å². The Bertz CT molecular complexity index is 667. The Balaban J connectivity index is 2.26. The fraction of sp³-hybridized carbons (Fsp3) is 0.188. The molecule has 0 fully saturated rings. The highest BCUT2D eigenvalue weighted by molar-refractivity contribution is 6.31. The van der Waals surface area contributed by atoms with E-state index in [0.717, 1.165) is 21.6 Å². The number of halogens is 1. The Kier molecular flexibility index (Phi) is 3.36. The van der Waals surface area contributed by atoms with Crippen LogP contribution < -0.4 is 4.90 Å². The van der Waals surface area contributed by atoms with E-state index in [-0.39, 0.29) is 0 Å². The van der Waals surface area contributed by atoms with Crippen LogP contribution in [0.25, 0.3) is 0 Å². The molecule has 0 unspecified atom stereocenters. The van der Waals surface area contributed by atoms with Gasteiger partial charge in [0.2, 0.25) is 5.71 Å². The van der Waals surface area contributed by atoms with Gasteiger partial charge in [-0.15, -0.1) is 0 Å². The first kappa shape index (κ1) is 13.0. The van der Waals surface area contributed by atoms with Crippen molar-refractivity contribution >= 4 is 23.0 Å². The molecule has 4 heteroatoms. The second-order valence-electron chi connectivity index (χ2n) is 4.90. The number of rotatable bonds is 1. The molecular formula is C16H15ClN2O. The Labute approximate surface area is 123 Å². The summed E-state index contributed by atoms with van der Waals surface area (Å²) in [7, 11) is 1.99. The number of benzene rings is 2. The van der Waals surface area contributed by atoms with Crippen LogP contribution in [0.2, 0.25) is 5.02 Å². The Hall–Kier alpha value is -2.00. The zero-order valence-corrected chi connectivity index (χ0v) is 12.0. The summed E-state index contributed by atoms with van der Waals surface area (Å²) in [6, 6.07) is 15.4. The quantitative estimate of drug-likeness (QED) is 0.595. The minimum atomic E-state index is 0.438. The van der Waals surface area contributed by atoms with Crippen LogP contribution in [0.4, 0.5) is 5.69 Å². The van der Waals surface area contributed by atoms with Crippen molar-refractivity contribution in [3.05, 3.63) is 69.9 Å². The van der Waals surface area contributed by atoms with Crippen LogP contribution in [0, 0.1) is 5.21 Å². The maximum absolute atomic E-state index is 12.4. The van der Waals surface area contributed by atoms with Gasteiger partial charge in [-0.05, 0) is 30.3 Å². The van der Waals surface area contributed by atoms with Crippen LogP contribution in [-0.4, -0.2) is 30.6 Å². The molecule has 0 saturated carbocycles. The molecular weight excluding hydrogens is 272 g/mol. The molecule has 2 aromatic carbocycles. The monoisotopic (exact) mass is 286 g/mol. The van der Waals surface area contributed by atoms with Gasteiger partial charge in [0.15, 0.2) is 6.54 Å². The second kappa shape index (κ2) is 5.17. The molecule has 2 aromatic rings. The summed E-state index contributed by atoms with van der Waals surface area (Å²) in [6.07, 6.45) is 0. The zero-order valence-electron chi connectivity index (χ0n) is 11.2. The number of hydrogen-bond donors (Lipinski definition) is 0. The predicted molar refractivity (Wildman–Crippen MR) is 82.9 cm³/mol. The van der Waals surface area contributed by atoms with Crippen molar-refractivity contribution in [1.29, 1.82) is 0 Å². The van der Waals surface area contributed by atoms with E-state index >= 15 is 0 Å². The summed E-state index contributed by atoms with van der Waals surface area (Å²) in [5, 5.41) is 13.1. The molecule has 0 bridgehead atoms. The number of hydroxylamine groups is 1. The summed E-state index contributed by atoms with van der Waals surface area (Å²) >= 11 is 6.13. The fourth-order valence-electron chi connectivity index (χ4n) is 2.53. The molecule has 0 amide bonds. The average Bonchev–Trinajstić information content (AvgIpc) is 2.57. The molecule has 1 aliphatic rings. The van der Waals surface area contributed by atoms with Crippen LogP contribution in [-0.2, 0) is 0 Å². The number of anilines is 1. The van der Waals surface area contributed by atoms with Crippen molar-refractivity contribution in [2.24, 2.45) is 0 Å². The first-order valence-corrected chi connectivity index (χ1v) is 6.93. The van der Waals surface area contributed by atoms with Crippen molar-refractivity contribution in [1.82, 2.24) is 0 Å². The Morgan fingerprint density at radius 3 is 2.65 bits per heavy atom. The van der Waals surface area contributed by atoms with Gasteiger partial charge in [0.05, 0.1) is 17.8 Å². The largest absolute Gasteiger partial charge is 0.623 e. The standard InChI is InChI=1S/C16H15ClN2O/c1-18-9-10-19(20)16(12-5-3-2-4-6-12)14-11-13(17)7-8-15(14)18/h2-8,11H,9-10H2,1H3. The molecule has 0 spiro atoms. The van der Waals surface area contributed by atoms with Gasteiger partial charge >= 0.3 is 0 Å². The van der Waals surface area contributed by atoms with Gasteiger partial charge in [0, 0.05) is 17.6 Å². The highest BCUT2D eigenvalue weighted by Gasteiger charge is 2.25. The van der Waals surface area contributed by atoms with Crippen LogP contribution in [0.3, 0.4) is 0 Å². The smallest absolute Gasteiger partial charge is 0.227 e. The SMILES string of the molecule is CN1CC[N+]([O-])=C(c2ccccc2)c2cc(Cl)ccc21. The van der Waals surface area contributed by atoms with E-state index in [0.29, 0.717) is 23.8 Å². The third-order valence-corrected chi connectivity index (χ3v) is 3.80. The molecule has 1 heterocycles. The molecule has 0 N–H and O–H groups in total. The van der Waals surface area contributed by atoms with Crippen LogP contribution in [0.5, 0.6) is 0 Å². The molecule has 0 aromatic heterocycles. The van der Waals surface area contributed by atoms with Gasteiger partial charge in [-0.2, -0.15) is 0 Å². The highest BCUT2D eigenvalue weighted by Crippen LogP contribution is 2.28. The molecule has 0 atom stereocenters. The van der Waals surface area contributed by atoms with Crippen LogP contribution >= 0.6 is 11.6 Å². The topological polar surface area (TPSA) is 29.3 Å². The first-order valence-electron chi connectivity index (χ1n) is 6.55. The van der Waals surface area contributed by atoms with Gasteiger partial charge in [0.25, 0.3) is 0 Å². The lowest BCUT2D eigenvalue weighted by molar-refractivity contribution is -0.453. The van der Waals surface area contributed by atoms with Crippen LogP contribution in [0.15, 0.2) is 48.5 Å². The number of nitrogens with zero attached hydrogens (tertiary/aromatic N) is 2. The summed E-state index contributed by atoms with van der Waals surface area (Å²) in [4.78, 5) is 2.09. The summed E-state index contributed by atoms with van der Waals surface area (Å²) in [5.74, 6) is 0. The van der Waals surface area contributed by atoms with Crippen molar-refractivity contribution in [2.75, 3.05) is 25.0 Å².